The van der Waals surface area contributed by atoms with Gasteiger partial charge < -0.3 is 10.7 Å². The number of benzene rings is 1. The zero-order valence-corrected chi connectivity index (χ0v) is 12.2. The summed E-state index contributed by atoms with van der Waals surface area (Å²) in [6.45, 7) is 1.61. The number of halogens is 1. The first kappa shape index (κ1) is 15.7. The van der Waals surface area contributed by atoms with Crippen LogP contribution in [0.25, 0.3) is 0 Å². The van der Waals surface area contributed by atoms with Gasteiger partial charge in [-0.1, -0.05) is 11.6 Å². The lowest BCUT2D eigenvalue weighted by Crippen LogP contribution is -2.37. The Bertz CT molecular complexity index is 575. The van der Waals surface area contributed by atoms with Crippen molar-refractivity contribution in [1.29, 1.82) is 0 Å². The number of hydrazine groups is 1. The monoisotopic (exact) mass is 305 g/mol. The first-order valence-corrected chi connectivity index (χ1v) is 7.91. The van der Waals surface area contributed by atoms with Gasteiger partial charge in [-0.2, -0.15) is 0 Å². The number of nitrogens with two attached hydrogens (primary N) is 1. The maximum Gasteiger partial charge on any atom is 0.253 e. The molecule has 4 N–H and O–H groups in total. The van der Waals surface area contributed by atoms with Gasteiger partial charge in [0.2, 0.25) is 0 Å². The van der Waals surface area contributed by atoms with Crippen molar-refractivity contribution < 1.29 is 13.2 Å². The van der Waals surface area contributed by atoms with E-state index in [4.69, 9.17) is 17.4 Å². The first-order chi connectivity index (χ1) is 8.73. The quantitative estimate of drug-likeness (QED) is 0.551. The van der Waals surface area contributed by atoms with E-state index in [0.717, 1.165) is 6.26 Å². The van der Waals surface area contributed by atoms with Gasteiger partial charge >= 0.3 is 0 Å². The van der Waals surface area contributed by atoms with Crippen molar-refractivity contribution in [1.82, 2.24) is 5.32 Å². The van der Waals surface area contributed by atoms with E-state index in [2.05, 4.69) is 10.7 Å². The van der Waals surface area contributed by atoms with E-state index >= 15 is 0 Å². The maximum absolute atomic E-state index is 12.0. The number of carbonyl (C=O) groups excluding carboxylic acids is 1. The number of rotatable bonds is 5. The number of carbonyl (C=O) groups is 1. The Balaban J connectivity index is 2.86. The Morgan fingerprint density at radius 3 is 2.63 bits per heavy atom. The fraction of sp³-hybridized carbons (Fsp3) is 0.364. The van der Waals surface area contributed by atoms with E-state index in [1.807, 2.05) is 0 Å². The molecule has 1 rings (SSSR count). The molecule has 0 fully saturated rings. The van der Waals surface area contributed by atoms with Crippen molar-refractivity contribution in [2.45, 2.75) is 13.0 Å². The highest BCUT2D eigenvalue weighted by Crippen LogP contribution is 2.19. The molecule has 0 aliphatic carbocycles. The van der Waals surface area contributed by atoms with Crippen LogP contribution in [-0.4, -0.2) is 32.4 Å². The van der Waals surface area contributed by atoms with Crippen molar-refractivity contribution in [3.05, 3.63) is 28.8 Å². The Hall–Kier alpha value is -1.31. The van der Waals surface area contributed by atoms with Crippen LogP contribution in [0.2, 0.25) is 5.02 Å². The average Bonchev–Trinajstić information content (AvgIpc) is 2.26. The van der Waals surface area contributed by atoms with Gasteiger partial charge in [0.05, 0.1) is 17.0 Å². The fourth-order valence-electron chi connectivity index (χ4n) is 1.63. The molecule has 0 aliphatic heterocycles. The predicted molar refractivity (Wildman–Crippen MR) is 75.9 cm³/mol. The molecule has 19 heavy (non-hydrogen) atoms. The highest BCUT2D eigenvalue weighted by molar-refractivity contribution is 7.90. The molecule has 1 amide bonds. The third-order valence-corrected chi connectivity index (χ3v) is 3.65. The summed E-state index contributed by atoms with van der Waals surface area (Å²) < 4.78 is 22.3. The van der Waals surface area contributed by atoms with E-state index in [0.29, 0.717) is 10.7 Å². The molecule has 0 saturated heterocycles. The zero-order chi connectivity index (χ0) is 14.6. The predicted octanol–water partition coefficient (Wildman–Crippen LogP) is 0.788. The van der Waals surface area contributed by atoms with Gasteiger partial charge in [-0.3, -0.25) is 10.6 Å². The topological polar surface area (TPSA) is 101 Å². The number of hydrogen-bond acceptors (Lipinski definition) is 5. The summed E-state index contributed by atoms with van der Waals surface area (Å²) in [7, 11) is -3.16. The van der Waals surface area contributed by atoms with Crippen LogP contribution in [-0.2, 0) is 9.84 Å². The minimum absolute atomic E-state index is 0.134. The number of sulfone groups is 1. The molecule has 1 atom stereocenters. The summed E-state index contributed by atoms with van der Waals surface area (Å²) in [5.74, 6) is 4.73. The third-order valence-electron chi connectivity index (χ3n) is 2.31. The summed E-state index contributed by atoms with van der Waals surface area (Å²) in [4.78, 5) is 12.0. The number of amides is 1. The van der Waals surface area contributed by atoms with Crippen LogP contribution >= 0.6 is 11.6 Å². The molecule has 1 aromatic rings. The van der Waals surface area contributed by atoms with E-state index < -0.39 is 21.8 Å². The van der Waals surface area contributed by atoms with Crippen LogP contribution in [0.1, 0.15) is 17.3 Å². The number of hydrogen-bond donors (Lipinski definition) is 3. The first-order valence-electron chi connectivity index (χ1n) is 5.47. The van der Waals surface area contributed by atoms with Gasteiger partial charge in [-0.05, 0) is 25.1 Å². The smallest absolute Gasteiger partial charge is 0.253 e. The molecule has 0 spiro atoms. The molecule has 0 heterocycles. The van der Waals surface area contributed by atoms with Gasteiger partial charge in [0.1, 0.15) is 9.84 Å². The summed E-state index contributed by atoms with van der Waals surface area (Å²) in [5, 5.41) is 2.97. The third kappa shape index (κ3) is 5.06. The van der Waals surface area contributed by atoms with E-state index in [1.165, 1.54) is 6.07 Å². The van der Waals surface area contributed by atoms with Crippen molar-refractivity contribution >= 4 is 33.0 Å². The Morgan fingerprint density at radius 2 is 2.11 bits per heavy atom. The highest BCUT2D eigenvalue weighted by Gasteiger charge is 2.17. The summed E-state index contributed by atoms with van der Waals surface area (Å²) >= 11 is 5.82. The molecular formula is C11H16ClN3O3S. The second kappa shape index (κ2) is 6.23. The minimum atomic E-state index is -3.16. The lowest BCUT2D eigenvalue weighted by molar-refractivity contribution is 0.0944. The molecule has 0 radical (unpaired) electrons. The number of nitrogens with one attached hydrogen (secondary N) is 2. The lowest BCUT2D eigenvalue weighted by atomic mass is 10.1. The van der Waals surface area contributed by atoms with Crippen LogP contribution in [0.15, 0.2) is 18.2 Å². The largest absolute Gasteiger partial charge is 0.348 e. The summed E-state index contributed by atoms with van der Waals surface area (Å²) in [5.41, 5.74) is 3.06. The molecule has 6 nitrogen and oxygen atoms in total. The van der Waals surface area contributed by atoms with Crippen LogP contribution in [0.4, 0.5) is 5.69 Å². The summed E-state index contributed by atoms with van der Waals surface area (Å²) in [6.07, 6.45) is 1.11. The van der Waals surface area contributed by atoms with Gasteiger partial charge in [-0.25, -0.2) is 8.42 Å². The van der Waals surface area contributed by atoms with Crippen molar-refractivity contribution in [3.63, 3.8) is 0 Å². The minimum Gasteiger partial charge on any atom is -0.348 e. The van der Waals surface area contributed by atoms with Crippen molar-refractivity contribution in [3.8, 4) is 0 Å². The molecule has 1 unspecified atom stereocenters. The standard InChI is InChI=1S/C11H16ClN3O3S/c1-7(6-19(2,17)18)14-11(16)9-5-8(12)3-4-10(9)15-13/h3-5,7,15H,6,13H2,1-2H3,(H,14,16). The van der Waals surface area contributed by atoms with Gasteiger partial charge in [0.25, 0.3) is 5.91 Å². The van der Waals surface area contributed by atoms with Gasteiger partial charge in [0, 0.05) is 17.3 Å². The van der Waals surface area contributed by atoms with Crippen LogP contribution in [0, 0.1) is 0 Å². The Labute approximate surface area is 117 Å². The normalized spacial score (nSPS) is 12.8. The number of nitrogen functional groups attached to an aromatic ring is 1. The Kier molecular flexibility index (Phi) is 5.16. The van der Waals surface area contributed by atoms with E-state index in [-0.39, 0.29) is 11.3 Å². The molecule has 106 valence electrons. The zero-order valence-electron chi connectivity index (χ0n) is 10.6. The molecular weight excluding hydrogens is 290 g/mol. The van der Waals surface area contributed by atoms with Crippen LogP contribution in [0.5, 0.6) is 0 Å². The van der Waals surface area contributed by atoms with Gasteiger partial charge in [0.15, 0.2) is 0 Å². The van der Waals surface area contributed by atoms with E-state index in [9.17, 15) is 13.2 Å². The fourth-order valence-corrected chi connectivity index (χ4v) is 2.79. The lowest BCUT2D eigenvalue weighted by Gasteiger charge is -2.15. The molecule has 0 bridgehead atoms. The second-order valence-corrected chi connectivity index (χ2v) is 6.92. The molecule has 8 heteroatoms. The number of anilines is 1. The Morgan fingerprint density at radius 1 is 1.47 bits per heavy atom. The summed E-state index contributed by atoms with van der Waals surface area (Å²) in [6, 6.07) is 4.11. The molecule has 0 aromatic heterocycles. The maximum atomic E-state index is 12.0. The highest BCUT2D eigenvalue weighted by atomic mass is 35.5. The molecule has 0 aliphatic rings. The van der Waals surface area contributed by atoms with Crippen LogP contribution < -0.4 is 16.6 Å². The van der Waals surface area contributed by atoms with E-state index in [1.54, 1.807) is 19.1 Å². The average molecular weight is 306 g/mol. The molecule has 1 aromatic carbocycles. The van der Waals surface area contributed by atoms with Gasteiger partial charge in [-0.15, -0.1) is 0 Å². The molecule has 0 saturated carbocycles. The van der Waals surface area contributed by atoms with Crippen LogP contribution in [0.3, 0.4) is 0 Å². The SMILES string of the molecule is CC(CS(C)(=O)=O)NC(=O)c1cc(Cl)ccc1NN. The van der Waals surface area contributed by atoms with Crippen molar-refractivity contribution in [2.75, 3.05) is 17.4 Å². The second-order valence-electron chi connectivity index (χ2n) is 4.30. The van der Waals surface area contributed by atoms with Crippen molar-refractivity contribution in [2.24, 2.45) is 5.84 Å².